The molecule has 0 amide bonds. The number of hydrogen-bond acceptors (Lipinski definition) is 4. The zero-order valence-electron chi connectivity index (χ0n) is 9.72. The number of piperidine rings is 1. The number of nitrogens with two attached hydrogens (primary N) is 1. The van der Waals surface area contributed by atoms with Gasteiger partial charge in [0, 0.05) is 19.3 Å². The number of nitrogen functional groups attached to an aromatic ring is 1. The van der Waals surface area contributed by atoms with E-state index in [4.69, 9.17) is 10.5 Å². The molecule has 16 heavy (non-hydrogen) atoms. The maximum Gasteiger partial charge on any atom is 0.237 e. The Morgan fingerprint density at radius 2 is 2.25 bits per heavy atom. The first-order valence-corrected chi connectivity index (χ1v) is 5.89. The van der Waals surface area contributed by atoms with Gasteiger partial charge in [-0.05, 0) is 31.5 Å². The van der Waals surface area contributed by atoms with Crippen LogP contribution in [-0.4, -0.2) is 35.6 Å². The van der Waals surface area contributed by atoms with Gasteiger partial charge in [-0.3, -0.25) is 0 Å². The highest BCUT2D eigenvalue weighted by Crippen LogP contribution is 2.21. The van der Waals surface area contributed by atoms with Gasteiger partial charge in [-0.2, -0.15) is 0 Å². The van der Waals surface area contributed by atoms with Crippen LogP contribution >= 0.6 is 0 Å². The van der Waals surface area contributed by atoms with E-state index in [9.17, 15) is 0 Å². The van der Waals surface area contributed by atoms with E-state index in [0.29, 0.717) is 11.6 Å². The van der Waals surface area contributed by atoms with Gasteiger partial charge in [-0.1, -0.05) is 6.92 Å². The number of nitrogens with zero attached hydrogens (tertiary/aromatic N) is 2. The van der Waals surface area contributed by atoms with Crippen molar-refractivity contribution in [2.24, 2.45) is 0 Å². The molecule has 0 unspecified atom stereocenters. The summed E-state index contributed by atoms with van der Waals surface area (Å²) < 4.78 is 5.82. The quantitative estimate of drug-likeness (QED) is 0.841. The van der Waals surface area contributed by atoms with Crippen LogP contribution in [0.25, 0.3) is 0 Å². The minimum Gasteiger partial charge on any atom is -0.473 e. The molecule has 1 aliphatic heterocycles. The Bertz CT molecular complexity index is 335. The van der Waals surface area contributed by atoms with E-state index in [2.05, 4.69) is 16.8 Å². The lowest BCUT2D eigenvalue weighted by Crippen LogP contribution is -2.38. The number of rotatable bonds is 3. The number of hydrogen-bond donors (Lipinski definition) is 1. The third kappa shape index (κ3) is 2.64. The van der Waals surface area contributed by atoms with Crippen LogP contribution in [0.15, 0.2) is 18.3 Å². The van der Waals surface area contributed by atoms with Crippen molar-refractivity contribution < 1.29 is 4.74 Å². The maximum absolute atomic E-state index is 5.82. The summed E-state index contributed by atoms with van der Waals surface area (Å²) in [5, 5.41) is 0. The highest BCUT2D eigenvalue weighted by Gasteiger charge is 2.20. The van der Waals surface area contributed by atoms with E-state index in [1.54, 1.807) is 6.20 Å². The van der Waals surface area contributed by atoms with Crippen molar-refractivity contribution in [2.75, 3.05) is 25.4 Å². The molecule has 1 fully saturated rings. The van der Waals surface area contributed by atoms with Crippen molar-refractivity contribution in [3.8, 4) is 5.88 Å². The zero-order chi connectivity index (χ0) is 11.4. The molecule has 4 heteroatoms. The Kier molecular flexibility index (Phi) is 3.62. The summed E-state index contributed by atoms with van der Waals surface area (Å²) in [5.41, 5.74) is 6.42. The van der Waals surface area contributed by atoms with Crippen LogP contribution in [-0.2, 0) is 0 Å². The summed E-state index contributed by atoms with van der Waals surface area (Å²) in [6, 6.07) is 3.64. The van der Waals surface area contributed by atoms with Gasteiger partial charge in [-0.25, -0.2) is 4.98 Å². The third-order valence-corrected chi connectivity index (χ3v) is 3.06. The zero-order valence-corrected chi connectivity index (χ0v) is 9.72. The Balaban J connectivity index is 1.89. The van der Waals surface area contributed by atoms with E-state index in [1.807, 2.05) is 12.1 Å². The van der Waals surface area contributed by atoms with Crippen LogP contribution < -0.4 is 10.5 Å². The van der Waals surface area contributed by atoms with Crippen LogP contribution in [0, 0.1) is 0 Å². The SMILES string of the molecule is CCN1CCC(Oc2ncccc2N)CC1. The van der Waals surface area contributed by atoms with Crippen LogP contribution in [0.2, 0.25) is 0 Å². The van der Waals surface area contributed by atoms with E-state index < -0.39 is 0 Å². The predicted octanol–water partition coefficient (Wildman–Crippen LogP) is 1.53. The highest BCUT2D eigenvalue weighted by molar-refractivity contribution is 5.46. The van der Waals surface area contributed by atoms with Crippen LogP contribution in [0.1, 0.15) is 19.8 Å². The molecular formula is C12H19N3O. The largest absolute Gasteiger partial charge is 0.473 e. The molecule has 0 saturated carbocycles. The molecule has 4 nitrogen and oxygen atoms in total. The predicted molar refractivity (Wildman–Crippen MR) is 64.4 cm³/mol. The second kappa shape index (κ2) is 5.16. The molecular weight excluding hydrogens is 202 g/mol. The molecule has 2 rings (SSSR count). The number of likely N-dealkylation sites (tertiary alicyclic amines) is 1. The number of aromatic nitrogens is 1. The molecule has 2 N–H and O–H groups in total. The summed E-state index contributed by atoms with van der Waals surface area (Å²) in [6.45, 7) is 5.53. The lowest BCUT2D eigenvalue weighted by atomic mass is 10.1. The topological polar surface area (TPSA) is 51.4 Å². The van der Waals surface area contributed by atoms with Crippen molar-refractivity contribution in [3.05, 3.63) is 18.3 Å². The first-order chi connectivity index (χ1) is 7.79. The highest BCUT2D eigenvalue weighted by atomic mass is 16.5. The van der Waals surface area contributed by atoms with Crippen LogP contribution in [0.5, 0.6) is 5.88 Å². The van der Waals surface area contributed by atoms with Gasteiger partial charge in [-0.15, -0.1) is 0 Å². The molecule has 1 aromatic rings. The smallest absolute Gasteiger partial charge is 0.237 e. The summed E-state index contributed by atoms with van der Waals surface area (Å²) in [4.78, 5) is 6.58. The van der Waals surface area contributed by atoms with Gasteiger partial charge < -0.3 is 15.4 Å². The second-order valence-electron chi connectivity index (χ2n) is 4.15. The summed E-state index contributed by atoms with van der Waals surface area (Å²) >= 11 is 0. The molecule has 1 aromatic heterocycles. The standard InChI is InChI=1S/C12H19N3O/c1-2-15-8-5-10(6-9-15)16-12-11(13)4-3-7-14-12/h3-4,7,10H,2,5-6,8-9,13H2,1H3. The number of ether oxygens (including phenoxy) is 1. The summed E-state index contributed by atoms with van der Waals surface area (Å²) in [7, 11) is 0. The van der Waals surface area contributed by atoms with Crippen LogP contribution in [0.3, 0.4) is 0 Å². The average Bonchev–Trinajstić information content (AvgIpc) is 2.33. The van der Waals surface area contributed by atoms with Crippen molar-refractivity contribution in [1.29, 1.82) is 0 Å². The van der Waals surface area contributed by atoms with E-state index in [0.717, 1.165) is 32.5 Å². The summed E-state index contributed by atoms with van der Waals surface area (Å²) in [5.74, 6) is 0.581. The lowest BCUT2D eigenvalue weighted by Gasteiger charge is -2.31. The Morgan fingerprint density at radius 3 is 2.88 bits per heavy atom. The minimum absolute atomic E-state index is 0.264. The fourth-order valence-corrected chi connectivity index (χ4v) is 2.00. The van der Waals surface area contributed by atoms with E-state index in [1.165, 1.54) is 0 Å². The van der Waals surface area contributed by atoms with Gasteiger partial charge in [0.2, 0.25) is 5.88 Å². The lowest BCUT2D eigenvalue weighted by molar-refractivity contribution is 0.100. The molecule has 0 aromatic carbocycles. The normalized spacial score (nSPS) is 18.6. The molecule has 0 radical (unpaired) electrons. The van der Waals surface area contributed by atoms with E-state index >= 15 is 0 Å². The number of pyridine rings is 1. The Morgan fingerprint density at radius 1 is 1.50 bits per heavy atom. The van der Waals surface area contributed by atoms with Gasteiger partial charge in [0.25, 0.3) is 0 Å². The molecule has 1 aliphatic rings. The van der Waals surface area contributed by atoms with Gasteiger partial charge in [0.05, 0.1) is 5.69 Å². The fourth-order valence-electron chi connectivity index (χ4n) is 2.00. The van der Waals surface area contributed by atoms with Gasteiger partial charge >= 0.3 is 0 Å². The number of anilines is 1. The maximum atomic E-state index is 5.82. The van der Waals surface area contributed by atoms with Crippen molar-refractivity contribution in [2.45, 2.75) is 25.9 Å². The third-order valence-electron chi connectivity index (χ3n) is 3.06. The minimum atomic E-state index is 0.264. The first kappa shape index (κ1) is 11.2. The average molecular weight is 221 g/mol. The molecule has 88 valence electrons. The summed E-state index contributed by atoms with van der Waals surface area (Å²) in [6.07, 6.45) is 4.10. The second-order valence-corrected chi connectivity index (χ2v) is 4.15. The van der Waals surface area contributed by atoms with Crippen molar-refractivity contribution >= 4 is 5.69 Å². The fraction of sp³-hybridized carbons (Fsp3) is 0.583. The van der Waals surface area contributed by atoms with E-state index in [-0.39, 0.29) is 6.10 Å². The monoisotopic (exact) mass is 221 g/mol. The molecule has 0 bridgehead atoms. The van der Waals surface area contributed by atoms with Gasteiger partial charge in [0.15, 0.2) is 0 Å². The molecule has 0 atom stereocenters. The molecule has 1 saturated heterocycles. The van der Waals surface area contributed by atoms with Crippen molar-refractivity contribution in [1.82, 2.24) is 9.88 Å². The van der Waals surface area contributed by atoms with Crippen LogP contribution in [0.4, 0.5) is 5.69 Å². The Labute approximate surface area is 96.4 Å². The van der Waals surface area contributed by atoms with Gasteiger partial charge in [0.1, 0.15) is 6.10 Å². The van der Waals surface area contributed by atoms with Crippen molar-refractivity contribution in [3.63, 3.8) is 0 Å². The molecule has 0 aliphatic carbocycles. The molecule has 2 heterocycles. The first-order valence-electron chi connectivity index (χ1n) is 5.89. The Hall–Kier alpha value is -1.29. The molecule has 0 spiro atoms.